The first-order valence-electron chi connectivity index (χ1n) is 8.19. The van der Waals surface area contributed by atoms with Gasteiger partial charge >= 0.3 is 0 Å². The van der Waals surface area contributed by atoms with E-state index in [1.807, 2.05) is 6.92 Å². The lowest BCUT2D eigenvalue weighted by molar-refractivity contribution is -0.126. The maximum Gasteiger partial charge on any atom is 0.240 e. The molecule has 0 saturated heterocycles. The van der Waals surface area contributed by atoms with E-state index in [2.05, 4.69) is 15.4 Å². The van der Waals surface area contributed by atoms with Crippen molar-refractivity contribution in [2.75, 3.05) is 19.7 Å². The minimum absolute atomic E-state index is 0.0486. The van der Waals surface area contributed by atoms with Crippen molar-refractivity contribution in [2.24, 2.45) is 0 Å². The second-order valence-corrected chi connectivity index (χ2v) is 7.44. The Morgan fingerprint density at radius 1 is 1.16 bits per heavy atom. The smallest absolute Gasteiger partial charge is 0.240 e. The van der Waals surface area contributed by atoms with Gasteiger partial charge in [0.2, 0.25) is 21.8 Å². The molecule has 0 radical (unpaired) electrons. The summed E-state index contributed by atoms with van der Waals surface area (Å²) in [6.07, 6.45) is 1.91. The van der Waals surface area contributed by atoms with E-state index in [1.165, 1.54) is 12.1 Å². The number of benzene rings is 1. The van der Waals surface area contributed by atoms with Gasteiger partial charge in [0.25, 0.3) is 0 Å². The summed E-state index contributed by atoms with van der Waals surface area (Å²) in [6.45, 7) is 2.19. The monoisotopic (exact) mass is 369 g/mol. The number of hydrogen-bond acceptors (Lipinski definition) is 5. The summed E-state index contributed by atoms with van der Waals surface area (Å²) >= 11 is 0. The topological polar surface area (TPSA) is 114 Å². The Morgan fingerprint density at radius 2 is 1.84 bits per heavy atom. The van der Waals surface area contributed by atoms with Crippen LogP contribution in [-0.2, 0) is 19.6 Å². The Balaban J connectivity index is 1.71. The Kier molecular flexibility index (Phi) is 6.77. The lowest BCUT2D eigenvalue weighted by atomic mass is 10.3. The Morgan fingerprint density at radius 3 is 2.44 bits per heavy atom. The van der Waals surface area contributed by atoms with Crippen LogP contribution >= 0.6 is 0 Å². The number of hydrogen-bond donors (Lipinski definition) is 3. The van der Waals surface area contributed by atoms with Crippen LogP contribution in [0, 0.1) is 0 Å². The van der Waals surface area contributed by atoms with E-state index in [1.54, 1.807) is 12.1 Å². The van der Waals surface area contributed by atoms with Crippen molar-refractivity contribution >= 4 is 21.8 Å². The molecule has 3 N–H and O–H groups in total. The molecule has 2 amide bonds. The van der Waals surface area contributed by atoms with E-state index in [4.69, 9.17) is 4.74 Å². The van der Waals surface area contributed by atoms with E-state index in [0.29, 0.717) is 12.4 Å². The summed E-state index contributed by atoms with van der Waals surface area (Å²) in [7, 11) is -3.69. The molecule has 9 heteroatoms. The fraction of sp³-hybridized carbons (Fsp3) is 0.500. The average molecular weight is 369 g/mol. The number of amides is 2. The van der Waals surface area contributed by atoms with Gasteiger partial charge in [-0.1, -0.05) is 0 Å². The predicted octanol–water partition coefficient (Wildman–Crippen LogP) is 0.149. The van der Waals surface area contributed by atoms with Crippen LogP contribution in [0.15, 0.2) is 29.2 Å². The van der Waals surface area contributed by atoms with Crippen LogP contribution in [0.25, 0.3) is 0 Å². The summed E-state index contributed by atoms with van der Waals surface area (Å²) in [5.41, 5.74) is 0. The van der Waals surface area contributed by atoms with Crippen LogP contribution in [0.4, 0.5) is 0 Å². The SMILES string of the molecule is CCOc1ccc(S(=O)(=O)NCCC(=O)NCC(=O)NC2CC2)cc1. The van der Waals surface area contributed by atoms with Crippen molar-refractivity contribution in [1.29, 1.82) is 0 Å². The molecule has 25 heavy (non-hydrogen) atoms. The van der Waals surface area contributed by atoms with Gasteiger partial charge in [0.1, 0.15) is 5.75 Å². The van der Waals surface area contributed by atoms with Crippen LogP contribution < -0.4 is 20.1 Å². The first-order chi connectivity index (χ1) is 11.9. The molecule has 1 aromatic carbocycles. The molecule has 0 aromatic heterocycles. The highest BCUT2D eigenvalue weighted by atomic mass is 32.2. The number of carbonyl (C=O) groups excluding carboxylic acids is 2. The van der Waals surface area contributed by atoms with Crippen LogP contribution in [0.5, 0.6) is 5.75 Å². The molecule has 1 saturated carbocycles. The molecule has 1 aliphatic rings. The zero-order valence-corrected chi connectivity index (χ0v) is 14.9. The zero-order chi connectivity index (χ0) is 18.3. The van der Waals surface area contributed by atoms with Gasteiger partial charge in [-0.3, -0.25) is 9.59 Å². The Bertz CT molecular complexity index is 699. The summed E-state index contributed by atoms with van der Waals surface area (Å²) in [6, 6.07) is 6.27. The van der Waals surface area contributed by atoms with Crippen LogP contribution in [-0.4, -0.2) is 46.0 Å². The van der Waals surface area contributed by atoms with Crippen molar-refractivity contribution in [2.45, 2.75) is 37.1 Å². The summed E-state index contributed by atoms with van der Waals surface area (Å²) < 4.78 is 31.9. The van der Waals surface area contributed by atoms with Gasteiger partial charge in [-0.15, -0.1) is 0 Å². The van der Waals surface area contributed by atoms with Crippen molar-refractivity contribution in [3.63, 3.8) is 0 Å². The van der Waals surface area contributed by atoms with Gasteiger partial charge in [0, 0.05) is 19.0 Å². The Labute approximate surface area is 147 Å². The molecule has 0 atom stereocenters. The maximum atomic E-state index is 12.1. The predicted molar refractivity (Wildman–Crippen MR) is 91.6 cm³/mol. The number of carbonyl (C=O) groups is 2. The molecule has 0 heterocycles. The molecule has 2 rings (SSSR count). The third-order valence-electron chi connectivity index (χ3n) is 3.48. The van der Waals surface area contributed by atoms with Gasteiger partial charge < -0.3 is 15.4 Å². The first-order valence-corrected chi connectivity index (χ1v) is 9.67. The van der Waals surface area contributed by atoms with Gasteiger partial charge in [-0.2, -0.15) is 0 Å². The van der Waals surface area contributed by atoms with Crippen molar-refractivity contribution < 1.29 is 22.7 Å². The minimum atomic E-state index is -3.69. The molecule has 0 unspecified atom stereocenters. The zero-order valence-electron chi connectivity index (χ0n) is 14.1. The van der Waals surface area contributed by atoms with Gasteiger partial charge in [-0.25, -0.2) is 13.1 Å². The van der Waals surface area contributed by atoms with Crippen molar-refractivity contribution in [1.82, 2.24) is 15.4 Å². The van der Waals surface area contributed by atoms with Gasteiger partial charge in [-0.05, 0) is 44.0 Å². The number of ether oxygens (including phenoxy) is 1. The molecule has 1 aromatic rings. The number of sulfonamides is 1. The van der Waals surface area contributed by atoms with E-state index >= 15 is 0 Å². The van der Waals surface area contributed by atoms with Crippen molar-refractivity contribution in [3.05, 3.63) is 24.3 Å². The third-order valence-corrected chi connectivity index (χ3v) is 4.95. The molecular weight excluding hydrogens is 346 g/mol. The van der Waals surface area contributed by atoms with Crippen LogP contribution in [0.3, 0.4) is 0 Å². The van der Waals surface area contributed by atoms with E-state index < -0.39 is 10.0 Å². The van der Waals surface area contributed by atoms with Gasteiger partial charge in [0.15, 0.2) is 0 Å². The molecular formula is C16H23N3O5S. The van der Waals surface area contributed by atoms with Gasteiger partial charge in [0.05, 0.1) is 18.0 Å². The summed E-state index contributed by atoms with van der Waals surface area (Å²) in [4.78, 5) is 23.2. The summed E-state index contributed by atoms with van der Waals surface area (Å²) in [5, 5.41) is 5.21. The lowest BCUT2D eigenvalue weighted by Gasteiger charge is -2.09. The van der Waals surface area contributed by atoms with E-state index in [0.717, 1.165) is 12.8 Å². The standard InChI is InChI=1S/C16H23N3O5S/c1-2-24-13-5-7-14(8-6-13)25(22,23)18-10-9-15(20)17-11-16(21)19-12-3-4-12/h5-8,12,18H,2-4,9-11H2,1H3,(H,17,20)(H,19,21). The summed E-state index contributed by atoms with van der Waals surface area (Å²) in [5.74, 6) is -0.0311. The number of rotatable bonds is 10. The second-order valence-electron chi connectivity index (χ2n) is 5.67. The number of nitrogens with one attached hydrogen (secondary N) is 3. The highest BCUT2D eigenvalue weighted by Gasteiger charge is 2.23. The lowest BCUT2D eigenvalue weighted by Crippen LogP contribution is -2.39. The van der Waals surface area contributed by atoms with E-state index in [9.17, 15) is 18.0 Å². The molecule has 1 fully saturated rings. The normalized spacial score (nSPS) is 14.0. The highest BCUT2D eigenvalue weighted by molar-refractivity contribution is 7.89. The van der Waals surface area contributed by atoms with Crippen LogP contribution in [0.1, 0.15) is 26.2 Å². The van der Waals surface area contributed by atoms with Crippen LogP contribution in [0.2, 0.25) is 0 Å². The molecule has 0 bridgehead atoms. The highest BCUT2D eigenvalue weighted by Crippen LogP contribution is 2.18. The molecule has 138 valence electrons. The fourth-order valence-electron chi connectivity index (χ4n) is 2.04. The minimum Gasteiger partial charge on any atom is -0.494 e. The van der Waals surface area contributed by atoms with E-state index in [-0.39, 0.29) is 42.3 Å². The second kappa shape index (κ2) is 8.82. The molecule has 1 aliphatic carbocycles. The Hall–Kier alpha value is -2.13. The molecule has 0 spiro atoms. The maximum absolute atomic E-state index is 12.1. The molecule has 8 nitrogen and oxygen atoms in total. The molecule has 0 aliphatic heterocycles. The fourth-order valence-corrected chi connectivity index (χ4v) is 3.07. The first kappa shape index (κ1) is 19.2. The largest absolute Gasteiger partial charge is 0.494 e. The van der Waals surface area contributed by atoms with Crippen molar-refractivity contribution in [3.8, 4) is 5.75 Å². The quantitative estimate of drug-likeness (QED) is 0.543. The third kappa shape index (κ3) is 6.71. The average Bonchev–Trinajstić information content (AvgIpc) is 3.37.